The van der Waals surface area contributed by atoms with E-state index < -0.39 is 0 Å². The quantitative estimate of drug-likeness (QED) is 0.874. The zero-order valence-electron chi connectivity index (χ0n) is 14.2. The van der Waals surface area contributed by atoms with Crippen LogP contribution in [0.15, 0.2) is 30.3 Å². The average Bonchev–Trinajstić information content (AvgIpc) is 2.76. The van der Waals surface area contributed by atoms with Gasteiger partial charge < -0.3 is 10.6 Å². The fraction of sp³-hybridized carbons (Fsp3) is 0.611. The monoisotopic (exact) mass is 303 g/mol. The molecular weight excluding hydrogens is 274 g/mol. The molecule has 1 saturated heterocycles. The lowest BCUT2D eigenvalue weighted by Crippen LogP contribution is -2.47. The van der Waals surface area contributed by atoms with Gasteiger partial charge in [0.25, 0.3) is 0 Å². The Bertz CT molecular complexity index is 481. The molecular formula is C18H29N3O. The average molecular weight is 303 g/mol. The Labute approximate surface area is 134 Å². The van der Waals surface area contributed by atoms with E-state index >= 15 is 0 Å². The second kappa shape index (κ2) is 7.25. The fourth-order valence-electron chi connectivity index (χ4n) is 2.99. The molecule has 0 radical (unpaired) electrons. The molecule has 122 valence electrons. The largest absolute Gasteiger partial charge is 0.350 e. The number of nitrogens with zero attached hydrogens (tertiary/aromatic N) is 1. The van der Waals surface area contributed by atoms with E-state index in [1.807, 2.05) is 26.8 Å². The number of hydrogen-bond donors (Lipinski definition) is 2. The highest BCUT2D eigenvalue weighted by Gasteiger charge is 2.29. The summed E-state index contributed by atoms with van der Waals surface area (Å²) in [6.07, 6.45) is 0. The van der Waals surface area contributed by atoms with E-state index in [-0.39, 0.29) is 11.4 Å². The van der Waals surface area contributed by atoms with Crippen LogP contribution in [0.4, 0.5) is 0 Å². The van der Waals surface area contributed by atoms with Gasteiger partial charge in [0.2, 0.25) is 5.91 Å². The van der Waals surface area contributed by atoms with Crippen molar-refractivity contribution in [2.24, 2.45) is 5.92 Å². The van der Waals surface area contributed by atoms with Crippen molar-refractivity contribution in [3.8, 4) is 0 Å². The van der Waals surface area contributed by atoms with Crippen LogP contribution in [-0.2, 0) is 11.3 Å². The highest BCUT2D eigenvalue weighted by Crippen LogP contribution is 2.18. The molecule has 22 heavy (non-hydrogen) atoms. The van der Waals surface area contributed by atoms with Crippen LogP contribution in [0.3, 0.4) is 0 Å². The molecule has 1 aliphatic heterocycles. The Kier molecular flexibility index (Phi) is 5.59. The van der Waals surface area contributed by atoms with E-state index in [1.54, 1.807) is 0 Å². The van der Waals surface area contributed by atoms with Gasteiger partial charge in [0.15, 0.2) is 0 Å². The van der Waals surface area contributed by atoms with Crippen molar-refractivity contribution in [2.45, 2.75) is 45.8 Å². The molecule has 1 aliphatic rings. The number of hydrogen-bond acceptors (Lipinski definition) is 3. The molecule has 1 amide bonds. The Hall–Kier alpha value is -1.39. The highest BCUT2D eigenvalue weighted by atomic mass is 16.2. The van der Waals surface area contributed by atoms with Crippen LogP contribution in [0.5, 0.6) is 0 Å². The smallest absolute Gasteiger partial charge is 0.234 e. The van der Waals surface area contributed by atoms with Crippen molar-refractivity contribution in [3.63, 3.8) is 0 Å². The van der Waals surface area contributed by atoms with E-state index in [0.29, 0.717) is 18.5 Å². The van der Waals surface area contributed by atoms with Gasteiger partial charge in [0, 0.05) is 31.2 Å². The number of carbonyl (C=O) groups is 1. The van der Waals surface area contributed by atoms with E-state index in [2.05, 4.69) is 46.7 Å². The number of rotatable bonds is 5. The van der Waals surface area contributed by atoms with Crippen molar-refractivity contribution in [1.82, 2.24) is 15.5 Å². The van der Waals surface area contributed by atoms with Gasteiger partial charge in [-0.15, -0.1) is 0 Å². The molecule has 1 heterocycles. The topological polar surface area (TPSA) is 44.4 Å². The molecule has 0 unspecified atom stereocenters. The third kappa shape index (κ3) is 5.43. The third-order valence-electron chi connectivity index (χ3n) is 3.98. The molecule has 2 atom stereocenters. The molecule has 4 nitrogen and oxygen atoms in total. The fourth-order valence-corrected chi connectivity index (χ4v) is 2.99. The molecule has 1 aromatic rings. The second-order valence-corrected chi connectivity index (χ2v) is 7.44. The molecule has 0 spiro atoms. The number of likely N-dealkylation sites (tertiary alicyclic amines) is 1. The van der Waals surface area contributed by atoms with E-state index in [4.69, 9.17) is 0 Å². The Balaban J connectivity index is 1.78. The first-order chi connectivity index (χ1) is 10.3. The maximum absolute atomic E-state index is 11.9. The van der Waals surface area contributed by atoms with Crippen molar-refractivity contribution in [2.75, 3.05) is 19.6 Å². The molecule has 2 N–H and O–H groups in total. The van der Waals surface area contributed by atoms with Crippen molar-refractivity contribution in [3.05, 3.63) is 35.9 Å². The minimum Gasteiger partial charge on any atom is -0.350 e. The van der Waals surface area contributed by atoms with Gasteiger partial charge in [-0.25, -0.2) is 0 Å². The lowest BCUT2D eigenvalue weighted by Gasteiger charge is -2.22. The van der Waals surface area contributed by atoms with Crippen LogP contribution in [0.1, 0.15) is 33.3 Å². The third-order valence-corrected chi connectivity index (χ3v) is 3.98. The summed E-state index contributed by atoms with van der Waals surface area (Å²) < 4.78 is 0. The molecule has 0 aromatic heterocycles. The van der Waals surface area contributed by atoms with Gasteiger partial charge in [-0.1, -0.05) is 37.3 Å². The van der Waals surface area contributed by atoms with Crippen LogP contribution < -0.4 is 10.6 Å². The second-order valence-electron chi connectivity index (χ2n) is 7.44. The zero-order chi connectivity index (χ0) is 16.2. The van der Waals surface area contributed by atoms with Crippen LogP contribution in [0, 0.1) is 5.92 Å². The summed E-state index contributed by atoms with van der Waals surface area (Å²) in [5, 5.41) is 6.41. The van der Waals surface area contributed by atoms with Crippen molar-refractivity contribution >= 4 is 5.91 Å². The van der Waals surface area contributed by atoms with Crippen LogP contribution >= 0.6 is 0 Å². The van der Waals surface area contributed by atoms with Gasteiger partial charge in [-0.3, -0.25) is 9.69 Å². The summed E-state index contributed by atoms with van der Waals surface area (Å²) in [6, 6.07) is 10.9. The minimum atomic E-state index is -0.167. The number of benzene rings is 1. The van der Waals surface area contributed by atoms with Gasteiger partial charge in [-0.05, 0) is 32.3 Å². The molecule has 0 saturated carbocycles. The minimum absolute atomic E-state index is 0.0706. The first-order valence-corrected chi connectivity index (χ1v) is 8.14. The predicted molar refractivity (Wildman–Crippen MR) is 90.6 cm³/mol. The maximum Gasteiger partial charge on any atom is 0.234 e. The Morgan fingerprint density at radius 2 is 1.91 bits per heavy atom. The summed E-state index contributed by atoms with van der Waals surface area (Å²) in [4.78, 5) is 14.4. The number of carbonyl (C=O) groups excluding carboxylic acids is 1. The highest BCUT2D eigenvalue weighted by molar-refractivity contribution is 5.78. The van der Waals surface area contributed by atoms with Crippen molar-refractivity contribution in [1.29, 1.82) is 0 Å². The lowest BCUT2D eigenvalue weighted by molar-refractivity contribution is -0.121. The summed E-state index contributed by atoms with van der Waals surface area (Å²) in [6.45, 7) is 11.7. The number of amides is 1. The summed E-state index contributed by atoms with van der Waals surface area (Å²) in [7, 11) is 0. The first kappa shape index (κ1) is 17.0. The van der Waals surface area contributed by atoms with Crippen LogP contribution in [-0.4, -0.2) is 42.0 Å². The maximum atomic E-state index is 11.9. The van der Waals surface area contributed by atoms with Crippen LogP contribution in [0.25, 0.3) is 0 Å². The Morgan fingerprint density at radius 1 is 1.23 bits per heavy atom. The van der Waals surface area contributed by atoms with Gasteiger partial charge in [0.1, 0.15) is 0 Å². The molecule has 2 rings (SSSR count). The van der Waals surface area contributed by atoms with Crippen LogP contribution in [0.2, 0.25) is 0 Å². The van der Waals surface area contributed by atoms with Gasteiger partial charge in [-0.2, -0.15) is 0 Å². The summed E-state index contributed by atoms with van der Waals surface area (Å²) >= 11 is 0. The van der Waals surface area contributed by atoms with E-state index in [0.717, 1.165) is 19.6 Å². The molecule has 0 aliphatic carbocycles. The normalized spacial score (nSPS) is 22.7. The zero-order valence-corrected chi connectivity index (χ0v) is 14.2. The van der Waals surface area contributed by atoms with Gasteiger partial charge in [0.05, 0.1) is 6.54 Å². The SMILES string of the molecule is C[C@H]1CN(Cc2ccccc2)C[C@H]1NCC(=O)NC(C)(C)C. The summed E-state index contributed by atoms with van der Waals surface area (Å²) in [5.41, 5.74) is 1.18. The predicted octanol–water partition coefficient (Wildman–Crippen LogP) is 2.01. The standard InChI is InChI=1S/C18H29N3O/c1-14-11-21(12-15-8-6-5-7-9-15)13-16(14)19-10-17(22)20-18(2,3)4/h5-9,14,16,19H,10-13H2,1-4H3,(H,20,22)/t14-,16+/m0/s1. The molecule has 1 fully saturated rings. The lowest BCUT2D eigenvalue weighted by atomic mass is 10.1. The van der Waals surface area contributed by atoms with E-state index in [9.17, 15) is 4.79 Å². The summed E-state index contributed by atoms with van der Waals surface area (Å²) in [5.74, 6) is 0.632. The molecule has 1 aromatic carbocycles. The van der Waals surface area contributed by atoms with Gasteiger partial charge >= 0.3 is 0 Å². The van der Waals surface area contributed by atoms with E-state index in [1.165, 1.54) is 5.56 Å². The molecule has 4 heteroatoms. The Morgan fingerprint density at radius 3 is 2.55 bits per heavy atom. The molecule has 0 bridgehead atoms. The number of nitrogens with one attached hydrogen (secondary N) is 2. The van der Waals surface area contributed by atoms with Crippen molar-refractivity contribution < 1.29 is 4.79 Å². The first-order valence-electron chi connectivity index (χ1n) is 8.14.